The Morgan fingerprint density at radius 2 is 1.32 bits per heavy atom. The molecule has 0 heterocycles. The molecule has 0 saturated heterocycles. The van der Waals surface area contributed by atoms with E-state index in [2.05, 4.69) is 16.7 Å². The summed E-state index contributed by atoms with van der Waals surface area (Å²) in [4.78, 5) is 26.4. The molecule has 5 aromatic rings. The number of nitrogens with two attached hydrogens (primary N) is 1. The van der Waals surface area contributed by atoms with E-state index in [1.807, 2.05) is 66.7 Å². The summed E-state index contributed by atoms with van der Waals surface area (Å²) >= 11 is 5.95. The van der Waals surface area contributed by atoms with Crippen molar-refractivity contribution in [3.8, 4) is 11.5 Å². The summed E-state index contributed by atoms with van der Waals surface area (Å²) in [7, 11) is 0. The first-order chi connectivity index (χ1) is 20.0. The minimum atomic E-state index is -0.344. The molecule has 207 valence electrons. The molecule has 5 aromatic carbocycles. The maximum atomic E-state index is 13.2. The molecule has 0 atom stereocenters. The average molecular weight is 567 g/mol. The summed E-state index contributed by atoms with van der Waals surface area (Å²) in [6, 6.07) is 30.7. The highest BCUT2D eigenvalue weighted by atomic mass is 35.5. The van der Waals surface area contributed by atoms with Crippen LogP contribution < -0.4 is 25.8 Å². The van der Waals surface area contributed by atoms with Crippen LogP contribution in [0.4, 0.5) is 5.69 Å². The lowest BCUT2D eigenvalue weighted by Crippen LogP contribution is -2.29. The van der Waals surface area contributed by atoms with Gasteiger partial charge in [0.15, 0.2) is 0 Å². The number of carbonyl (C=O) groups is 2. The van der Waals surface area contributed by atoms with Crippen LogP contribution in [0.2, 0.25) is 5.02 Å². The van der Waals surface area contributed by atoms with Crippen LogP contribution in [0.3, 0.4) is 0 Å². The van der Waals surface area contributed by atoms with Gasteiger partial charge in [-0.1, -0.05) is 60.1 Å². The van der Waals surface area contributed by atoms with Crippen molar-refractivity contribution in [2.24, 2.45) is 5.73 Å². The molecular formula is C33H29ClN3O4. The predicted molar refractivity (Wildman–Crippen MR) is 163 cm³/mol. The fraction of sp³-hybridized carbons (Fsp3) is 0.152. The van der Waals surface area contributed by atoms with Crippen molar-refractivity contribution in [1.29, 1.82) is 0 Å². The number of hydrogen-bond acceptors (Lipinski definition) is 5. The molecule has 7 nitrogen and oxygen atoms in total. The number of nitrogens with one attached hydrogen (secondary N) is 2. The molecule has 5 rings (SSSR count). The molecule has 0 fully saturated rings. The first kappa shape index (κ1) is 28.0. The van der Waals surface area contributed by atoms with E-state index in [-0.39, 0.29) is 25.0 Å². The van der Waals surface area contributed by atoms with Crippen LogP contribution >= 0.6 is 11.6 Å². The van der Waals surface area contributed by atoms with E-state index in [1.54, 1.807) is 24.3 Å². The molecule has 8 heteroatoms. The Bertz CT molecular complexity index is 1690. The molecule has 4 N–H and O–H groups in total. The zero-order chi connectivity index (χ0) is 28.6. The number of rotatable bonds is 11. The second-order valence-electron chi connectivity index (χ2n) is 9.36. The number of benzene rings is 5. The van der Waals surface area contributed by atoms with E-state index in [9.17, 15) is 9.59 Å². The Labute approximate surface area is 243 Å². The number of anilines is 1. The third-order valence-electron chi connectivity index (χ3n) is 6.46. The van der Waals surface area contributed by atoms with E-state index in [0.717, 1.165) is 21.5 Å². The number of amides is 2. The van der Waals surface area contributed by atoms with Gasteiger partial charge in [-0.3, -0.25) is 9.59 Å². The van der Waals surface area contributed by atoms with E-state index >= 15 is 0 Å². The van der Waals surface area contributed by atoms with E-state index in [0.29, 0.717) is 52.9 Å². The van der Waals surface area contributed by atoms with Crippen molar-refractivity contribution >= 4 is 50.6 Å². The van der Waals surface area contributed by atoms with Crippen molar-refractivity contribution in [2.45, 2.75) is 6.42 Å². The van der Waals surface area contributed by atoms with Gasteiger partial charge in [0.05, 0.1) is 24.3 Å². The lowest BCUT2D eigenvalue weighted by molar-refractivity contribution is 0.0940. The number of carbonyl (C=O) groups excluding carboxylic acids is 2. The summed E-state index contributed by atoms with van der Waals surface area (Å²) in [6.45, 7) is 1.28. The topological polar surface area (TPSA) is 103 Å². The van der Waals surface area contributed by atoms with Crippen LogP contribution in [0.1, 0.15) is 27.1 Å². The average Bonchev–Trinajstić information content (AvgIpc) is 2.99. The summed E-state index contributed by atoms with van der Waals surface area (Å²) < 4.78 is 11.9. The minimum Gasteiger partial charge on any atom is -0.493 e. The molecule has 2 amide bonds. The van der Waals surface area contributed by atoms with Crippen LogP contribution in [0.5, 0.6) is 11.5 Å². The van der Waals surface area contributed by atoms with E-state index in [4.69, 9.17) is 26.8 Å². The van der Waals surface area contributed by atoms with Gasteiger partial charge in [-0.25, -0.2) is 0 Å². The fourth-order valence-corrected chi connectivity index (χ4v) is 4.51. The Hall–Kier alpha value is -4.59. The molecule has 0 unspecified atom stereocenters. The molecule has 0 aliphatic carbocycles. The van der Waals surface area contributed by atoms with Gasteiger partial charge in [0.2, 0.25) is 0 Å². The van der Waals surface area contributed by atoms with Gasteiger partial charge in [0.25, 0.3) is 11.8 Å². The van der Waals surface area contributed by atoms with Crippen LogP contribution in [-0.4, -0.2) is 38.1 Å². The van der Waals surface area contributed by atoms with Crippen LogP contribution in [0.25, 0.3) is 21.5 Å². The van der Waals surface area contributed by atoms with Crippen LogP contribution in [0, 0.1) is 6.07 Å². The monoisotopic (exact) mass is 566 g/mol. The van der Waals surface area contributed by atoms with Crippen molar-refractivity contribution in [1.82, 2.24) is 5.32 Å². The summed E-state index contributed by atoms with van der Waals surface area (Å²) in [5.41, 5.74) is 6.90. The highest BCUT2D eigenvalue weighted by Gasteiger charge is 2.17. The van der Waals surface area contributed by atoms with Gasteiger partial charge in [-0.05, 0) is 77.0 Å². The zero-order valence-corrected chi connectivity index (χ0v) is 23.0. The maximum absolute atomic E-state index is 13.2. The number of hydrogen-bond donors (Lipinski definition) is 3. The van der Waals surface area contributed by atoms with Gasteiger partial charge in [-0.15, -0.1) is 0 Å². The van der Waals surface area contributed by atoms with E-state index in [1.165, 1.54) is 0 Å². The summed E-state index contributed by atoms with van der Waals surface area (Å²) in [5, 5.41) is 10.0. The van der Waals surface area contributed by atoms with Crippen LogP contribution in [-0.2, 0) is 0 Å². The lowest BCUT2D eigenvalue weighted by atomic mass is 10.0. The van der Waals surface area contributed by atoms with Gasteiger partial charge >= 0.3 is 0 Å². The molecule has 0 aliphatic rings. The minimum absolute atomic E-state index is 0.147. The van der Waals surface area contributed by atoms with E-state index < -0.39 is 0 Å². The Kier molecular flexibility index (Phi) is 8.98. The van der Waals surface area contributed by atoms with Crippen molar-refractivity contribution < 1.29 is 19.1 Å². The lowest BCUT2D eigenvalue weighted by Gasteiger charge is -2.15. The smallest absolute Gasteiger partial charge is 0.259 e. The first-order valence-electron chi connectivity index (χ1n) is 13.3. The first-order valence-corrected chi connectivity index (χ1v) is 13.7. The highest BCUT2D eigenvalue weighted by Crippen LogP contribution is 2.28. The van der Waals surface area contributed by atoms with Gasteiger partial charge in [0.1, 0.15) is 18.1 Å². The van der Waals surface area contributed by atoms with Gasteiger partial charge < -0.3 is 25.8 Å². The Balaban J connectivity index is 1.29. The molecule has 0 bridgehead atoms. The highest BCUT2D eigenvalue weighted by molar-refractivity contribution is 6.30. The SMILES string of the molecule is NCCCOc1cc2ccccc2cc1C(=O)NCCOc1cc2ccccc2cc1C(=O)Nc1[c]cc(Cl)cc1. The Morgan fingerprint density at radius 1 is 0.756 bits per heavy atom. The molecule has 0 aliphatic heterocycles. The standard InChI is InChI=1S/C33H29ClN3O4/c34-26-10-12-27(13-11-26)37-33(39)29-19-23-7-2-4-9-25(23)21-31(29)41-17-15-36-32(38)28-18-22-6-1-3-8-24(22)20-30(28)40-16-5-14-35/h1-4,6-12,18-21H,5,14-17,35H2,(H,36,38)(H,37,39). The van der Waals surface area contributed by atoms with Gasteiger partial charge in [-0.2, -0.15) is 0 Å². The quantitative estimate of drug-likeness (QED) is 0.164. The Morgan fingerprint density at radius 3 is 1.88 bits per heavy atom. The van der Waals surface area contributed by atoms with Crippen molar-refractivity contribution in [2.75, 3.05) is 31.6 Å². The van der Waals surface area contributed by atoms with Crippen molar-refractivity contribution in [3.05, 3.63) is 113 Å². The molecule has 0 aromatic heterocycles. The molecular weight excluding hydrogens is 538 g/mol. The summed E-state index contributed by atoms with van der Waals surface area (Å²) in [5.74, 6) is 0.282. The molecule has 0 saturated carbocycles. The molecule has 1 radical (unpaired) electrons. The number of halogens is 1. The second-order valence-corrected chi connectivity index (χ2v) is 9.80. The maximum Gasteiger partial charge on any atom is 0.259 e. The number of ether oxygens (including phenoxy) is 2. The molecule has 41 heavy (non-hydrogen) atoms. The fourth-order valence-electron chi connectivity index (χ4n) is 4.39. The largest absolute Gasteiger partial charge is 0.493 e. The van der Waals surface area contributed by atoms with Crippen LogP contribution in [0.15, 0.2) is 91.0 Å². The molecule has 0 spiro atoms. The van der Waals surface area contributed by atoms with Crippen molar-refractivity contribution in [3.63, 3.8) is 0 Å². The van der Waals surface area contributed by atoms with Gasteiger partial charge in [0, 0.05) is 16.8 Å². The summed E-state index contributed by atoms with van der Waals surface area (Å²) in [6.07, 6.45) is 0.680. The zero-order valence-electron chi connectivity index (χ0n) is 22.3. The second kappa shape index (κ2) is 13.2. The third kappa shape index (κ3) is 6.95. The predicted octanol–water partition coefficient (Wildman–Crippen LogP) is 6.24. The number of fused-ring (bicyclic) bond motifs is 2. The normalized spacial score (nSPS) is 10.9. The third-order valence-corrected chi connectivity index (χ3v) is 6.69.